The molecule has 0 amide bonds. The Morgan fingerprint density at radius 3 is 1.38 bits per heavy atom. The topological polar surface area (TPSA) is 111 Å². The number of rotatable bonds is 2. The van der Waals surface area contributed by atoms with Crippen LogP contribution in [0.3, 0.4) is 0 Å². The van der Waals surface area contributed by atoms with Crippen LogP contribution in [0.5, 0.6) is 0 Å². The second-order valence-corrected chi connectivity index (χ2v) is 8.08. The van der Waals surface area contributed by atoms with E-state index in [1.165, 1.54) is 0 Å². The van der Waals surface area contributed by atoms with Crippen molar-refractivity contribution in [1.82, 2.24) is 10.6 Å². The Bertz CT molecular complexity index is 592. The quantitative estimate of drug-likeness (QED) is 0.498. The molecule has 2 N–H and O–H groups in total. The van der Waals surface area contributed by atoms with Gasteiger partial charge in [-0.2, -0.15) is 0 Å². The zero-order valence-electron chi connectivity index (χ0n) is 14.7. The van der Waals surface area contributed by atoms with Gasteiger partial charge in [-0.05, 0) is 51.9 Å². The summed E-state index contributed by atoms with van der Waals surface area (Å²) in [5.74, 6) is -2.63. The lowest BCUT2D eigenvalue weighted by Crippen LogP contribution is -2.61. The van der Waals surface area contributed by atoms with Gasteiger partial charge >= 0.3 is 11.9 Å². The maximum Gasteiger partial charge on any atom is 0.418 e. The maximum atomic E-state index is 12.2. The summed E-state index contributed by atoms with van der Waals surface area (Å²) in [6, 6.07) is 0. The summed E-state index contributed by atoms with van der Waals surface area (Å²) in [6.07, 6.45) is 2.00. The van der Waals surface area contributed by atoms with Gasteiger partial charge in [0, 0.05) is 23.7 Å². The van der Waals surface area contributed by atoms with E-state index in [0.717, 1.165) is 51.9 Å². The van der Waals surface area contributed by atoms with Gasteiger partial charge in [0.15, 0.2) is 23.8 Å². The van der Waals surface area contributed by atoms with Crippen molar-refractivity contribution in [3.63, 3.8) is 0 Å². The van der Waals surface area contributed by atoms with Crippen molar-refractivity contribution in [3.8, 4) is 0 Å². The highest BCUT2D eigenvalue weighted by atomic mass is 16.6. The van der Waals surface area contributed by atoms with Crippen LogP contribution < -0.4 is 10.6 Å². The highest BCUT2D eigenvalue weighted by Gasteiger charge is 2.58. The third-order valence-corrected chi connectivity index (χ3v) is 6.56. The molecule has 0 aromatic heterocycles. The summed E-state index contributed by atoms with van der Waals surface area (Å²) in [4.78, 5) is 48.2. The van der Waals surface area contributed by atoms with Crippen molar-refractivity contribution < 1.29 is 28.7 Å². The van der Waals surface area contributed by atoms with E-state index in [4.69, 9.17) is 9.47 Å². The number of piperidine rings is 2. The molecule has 2 aliphatic heterocycles. The standard InChI is InChI=1S/C18H24N2O6/c21-11-9-17(1-5-19-6-2-17)13(11)25-15(23)16(24)26-14-12(22)10-18(14)3-7-20-8-4-18/h13-14,19-20H,1-10H2. The van der Waals surface area contributed by atoms with Gasteiger partial charge in [-0.1, -0.05) is 0 Å². The number of hydrogen-bond acceptors (Lipinski definition) is 8. The van der Waals surface area contributed by atoms with E-state index < -0.39 is 24.1 Å². The molecule has 8 heteroatoms. The first kappa shape index (κ1) is 17.6. The lowest BCUT2D eigenvalue weighted by atomic mass is 9.60. The molecule has 0 aromatic rings. The Kier molecular flexibility index (Phi) is 4.35. The molecule has 4 fully saturated rings. The fourth-order valence-corrected chi connectivity index (χ4v) is 4.90. The molecule has 4 rings (SSSR count). The molecule has 0 radical (unpaired) electrons. The van der Waals surface area contributed by atoms with Crippen molar-refractivity contribution in [1.29, 1.82) is 0 Å². The van der Waals surface area contributed by atoms with Gasteiger partial charge in [0.05, 0.1) is 0 Å². The van der Waals surface area contributed by atoms with Crippen molar-refractivity contribution in [2.45, 2.75) is 50.7 Å². The fraction of sp³-hybridized carbons (Fsp3) is 0.778. The molecule has 2 spiro atoms. The lowest BCUT2D eigenvalue weighted by Gasteiger charge is -2.50. The van der Waals surface area contributed by atoms with Crippen molar-refractivity contribution in [2.24, 2.45) is 10.8 Å². The largest absolute Gasteiger partial charge is 0.445 e. The summed E-state index contributed by atoms with van der Waals surface area (Å²) < 4.78 is 10.4. The number of carbonyl (C=O) groups is 4. The van der Waals surface area contributed by atoms with Crippen molar-refractivity contribution in [2.75, 3.05) is 26.2 Å². The Morgan fingerprint density at radius 2 is 1.08 bits per heavy atom. The first-order chi connectivity index (χ1) is 12.5. The fourth-order valence-electron chi connectivity index (χ4n) is 4.90. The summed E-state index contributed by atoms with van der Waals surface area (Å²) in [5.41, 5.74) is -0.693. The molecule has 2 saturated heterocycles. The van der Waals surface area contributed by atoms with Gasteiger partial charge in [0.25, 0.3) is 0 Å². The molecule has 2 saturated carbocycles. The van der Waals surface area contributed by atoms with Gasteiger partial charge in [0.2, 0.25) is 0 Å². The normalized spacial score (nSPS) is 31.8. The molecule has 8 nitrogen and oxygen atoms in total. The van der Waals surface area contributed by atoms with Crippen LogP contribution in [0.25, 0.3) is 0 Å². The lowest BCUT2D eigenvalue weighted by molar-refractivity contribution is -0.198. The van der Waals surface area contributed by atoms with Crippen LogP contribution in [0, 0.1) is 10.8 Å². The summed E-state index contributed by atoms with van der Waals surface area (Å²) in [7, 11) is 0. The Hall–Kier alpha value is -1.80. The molecule has 2 heterocycles. The maximum absolute atomic E-state index is 12.2. The van der Waals surface area contributed by atoms with E-state index in [-0.39, 0.29) is 22.4 Å². The molecular formula is C18H24N2O6. The van der Waals surface area contributed by atoms with Crippen molar-refractivity contribution >= 4 is 23.5 Å². The summed E-state index contributed by atoms with van der Waals surface area (Å²) >= 11 is 0. The zero-order valence-corrected chi connectivity index (χ0v) is 14.7. The van der Waals surface area contributed by atoms with Gasteiger partial charge in [0.1, 0.15) is 0 Å². The molecule has 0 aromatic carbocycles. The van der Waals surface area contributed by atoms with Gasteiger partial charge in [-0.15, -0.1) is 0 Å². The third kappa shape index (κ3) is 2.75. The minimum absolute atomic E-state index is 0.150. The number of hydrogen-bond donors (Lipinski definition) is 2. The molecule has 2 unspecified atom stereocenters. The van der Waals surface area contributed by atoms with Crippen LogP contribution >= 0.6 is 0 Å². The first-order valence-corrected chi connectivity index (χ1v) is 9.34. The van der Waals surface area contributed by atoms with Crippen LogP contribution in [-0.4, -0.2) is 61.9 Å². The van der Waals surface area contributed by atoms with E-state index in [2.05, 4.69) is 10.6 Å². The summed E-state index contributed by atoms with van der Waals surface area (Å²) in [5, 5.41) is 6.43. The average Bonchev–Trinajstić information content (AvgIpc) is 2.65. The van der Waals surface area contributed by atoms with Gasteiger partial charge in [-0.3, -0.25) is 9.59 Å². The van der Waals surface area contributed by atoms with Gasteiger partial charge < -0.3 is 20.1 Å². The highest BCUT2D eigenvalue weighted by molar-refractivity contribution is 6.30. The molecule has 2 aliphatic carbocycles. The average molecular weight is 364 g/mol. The molecular weight excluding hydrogens is 340 g/mol. The monoisotopic (exact) mass is 364 g/mol. The molecule has 4 aliphatic rings. The number of Topliss-reactive ketones (excluding diaryl/α,β-unsaturated/α-hetero) is 2. The highest BCUT2D eigenvalue weighted by Crippen LogP contribution is 2.48. The molecule has 26 heavy (non-hydrogen) atoms. The van der Waals surface area contributed by atoms with Crippen LogP contribution in [0.15, 0.2) is 0 Å². The Labute approximate surface area is 151 Å². The zero-order chi connectivity index (χ0) is 18.4. The van der Waals surface area contributed by atoms with E-state index >= 15 is 0 Å². The van der Waals surface area contributed by atoms with Crippen molar-refractivity contribution in [3.05, 3.63) is 0 Å². The number of esters is 2. The predicted octanol–water partition coefficient (Wildman–Crippen LogP) is -0.505. The molecule has 142 valence electrons. The van der Waals surface area contributed by atoms with Crippen LogP contribution in [0.1, 0.15) is 38.5 Å². The second-order valence-electron chi connectivity index (χ2n) is 8.08. The first-order valence-electron chi connectivity index (χ1n) is 9.34. The minimum Gasteiger partial charge on any atom is -0.445 e. The number of carbonyl (C=O) groups excluding carboxylic acids is 4. The van der Waals surface area contributed by atoms with E-state index in [1.807, 2.05) is 0 Å². The number of ether oxygens (including phenoxy) is 2. The van der Waals surface area contributed by atoms with E-state index in [1.54, 1.807) is 0 Å². The van der Waals surface area contributed by atoms with E-state index in [0.29, 0.717) is 12.8 Å². The van der Waals surface area contributed by atoms with Crippen LogP contribution in [0.4, 0.5) is 0 Å². The molecule has 0 bridgehead atoms. The van der Waals surface area contributed by atoms with E-state index in [9.17, 15) is 19.2 Å². The second kappa shape index (κ2) is 6.42. The summed E-state index contributed by atoms with van der Waals surface area (Å²) in [6.45, 7) is 3.05. The van der Waals surface area contributed by atoms with Crippen LogP contribution in [-0.2, 0) is 28.7 Å². The SMILES string of the molecule is O=C(OC1C(=O)CC12CCNCC2)C(=O)OC1C(=O)CC12CCNCC2. The minimum atomic E-state index is -1.16. The van der Waals surface area contributed by atoms with Gasteiger partial charge in [-0.25, -0.2) is 9.59 Å². The Morgan fingerprint density at radius 1 is 0.731 bits per heavy atom. The number of nitrogens with one attached hydrogen (secondary N) is 2. The Balaban J connectivity index is 1.36. The molecule has 2 atom stereocenters. The number of ketones is 2. The predicted molar refractivity (Wildman–Crippen MR) is 88.1 cm³/mol. The smallest absolute Gasteiger partial charge is 0.418 e. The van der Waals surface area contributed by atoms with Crippen LogP contribution in [0.2, 0.25) is 0 Å². The third-order valence-electron chi connectivity index (χ3n) is 6.56.